The molecule has 0 aliphatic rings. The fourth-order valence-electron chi connectivity index (χ4n) is 0.391. The molecular formula is C7H13. The van der Waals surface area contributed by atoms with E-state index in [9.17, 15) is 0 Å². The molecule has 0 saturated heterocycles. The van der Waals surface area contributed by atoms with Crippen LogP contribution in [-0.4, -0.2) is 0 Å². The Morgan fingerprint density at radius 3 is 2.43 bits per heavy atom. The van der Waals surface area contributed by atoms with Gasteiger partial charge in [-0.25, -0.2) is 0 Å². The first kappa shape index (κ1) is 6.74. The first-order chi connectivity index (χ1) is 3.27. The Balaban J connectivity index is 2.82. The first-order valence-corrected chi connectivity index (χ1v) is 2.69. The number of allylic oxidation sites excluding steroid dienone is 1. The van der Waals surface area contributed by atoms with Crippen molar-refractivity contribution >= 4 is 0 Å². The molecule has 0 aromatic carbocycles. The van der Waals surface area contributed by atoms with Crippen LogP contribution in [0.1, 0.15) is 26.7 Å². The summed E-state index contributed by atoms with van der Waals surface area (Å²) in [5.41, 5.74) is 1.28. The van der Waals surface area contributed by atoms with E-state index in [-0.39, 0.29) is 0 Å². The predicted molar refractivity (Wildman–Crippen MR) is 34.0 cm³/mol. The summed E-state index contributed by atoms with van der Waals surface area (Å²) < 4.78 is 0. The van der Waals surface area contributed by atoms with Crippen LogP contribution >= 0.6 is 0 Å². The van der Waals surface area contributed by atoms with Gasteiger partial charge >= 0.3 is 0 Å². The van der Waals surface area contributed by atoms with Crippen LogP contribution in [0, 0.1) is 6.42 Å². The van der Waals surface area contributed by atoms with Crippen LogP contribution < -0.4 is 0 Å². The van der Waals surface area contributed by atoms with Crippen LogP contribution in [0.4, 0.5) is 0 Å². The molecule has 0 aliphatic carbocycles. The van der Waals surface area contributed by atoms with Gasteiger partial charge in [-0.3, -0.25) is 0 Å². The van der Waals surface area contributed by atoms with E-state index in [2.05, 4.69) is 26.8 Å². The van der Waals surface area contributed by atoms with Crippen LogP contribution in [0.3, 0.4) is 0 Å². The van der Waals surface area contributed by atoms with Crippen LogP contribution in [0.2, 0.25) is 0 Å². The highest BCUT2D eigenvalue weighted by molar-refractivity contribution is 4.88. The predicted octanol–water partition coefficient (Wildman–Crippen LogP) is 2.57. The number of hydrogen-bond acceptors (Lipinski definition) is 0. The minimum Gasteiger partial charge on any atom is -0.100 e. The van der Waals surface area contributed by atoms with Crippen LogP contribution in [0.15, 0.2) is 12.2 Å². The van der Waals surface area contributed by atoms with Crippen molar-refractivity contribution in [2.24, 2.45) is 0 Å². The lowest BCUT2D eigenvalue weighted by molar-refractivity contribution is 0.924. The van der Waals surface area contributed by atoms with Gasteiger partial charge in [-0.15, -0.1) is 6.58 Å². The van der Waals surface area contributed by atoms with E-state index in [4.69, 9.17) is 0 Å². The fraction of sp³-hybridized carbons (Fsp3) is 0.571. The molecule has 41 valence electrons. The summed E-state index contributed by atoms with van der Waals surface area (Å²) in [4.78, 5) is 0. The summed E-state index contributed by atoms with van der Waals surface area (Å²) in [7, 11) is 0. The Hall–Kier alpha value is -0.260. The van der Waals surface area contributed by atoms with E-state index in [1.807, 2.05) is 0 Å². The minimum atomic E-state index is 1.15. The third-order valence-corrected chi connectivity index (χ3v) is 0.860. The van der Waals surface area contributed by atoms with E-state index >= 15 is 0 Å². The van der Waals surface area contributed by atoms with Crippen LogP contribution in [-0.2, 0) is 0 Å². The van der Waals surface area contributed by atoms with Crippen molar-refractivity contribution in [3.8, 4) is 0 Å². The van der Waals surface area contributed by atoms with Crippen molar-refractivity contribution in [2.75, 3.05) is 0 Å². The second-order valence-corrected chi connectivity index (χ2v) is 1.90. The van der Waals surface area contributed by atoms with Gasteiger partial charge in [0, 0.05) is 0 Å². The summed E-state index contributed by atoms with van der Waals surface area (Å²) in [6, 6.07) is 0. The monoisotopic (exact) mass is 97.1 g/mol. The average Bonchev–Trinajstić information content (AvgIpc) is 1.61. The van der Waals surface area contributed by atoms with Crippen molar-refractivity contribution in [1.29, 1.82) is 0 Å². The summed E-state index contributed by atoms with van der Waals surface area (Å²) in [5, 5.41) is 0. The molecule has 0 aromatic heterocycles. The van der Waals surface area contributed by atoms with E-state index < -0.39 is 0 Å². The Labute approximate surface area is 46.2 Å². The summed E-state index contributed by atoms with van der Waals surface area (Å²) in [6.45, 7) is 7.90. The second-order valence-electron chi connectivity index (χ2n) is 1.90. The Kier molecular flexibility index (Phi) is 3.77. The van der Waals surface area contributed by atoms with Crippen molar-refractivity contribution in [3.63, 3.8) is 0 Å². The third kappa shape index (κ3) is 5.74. The maximum Gasteiger partial charge on any atom is -0.0323 e. The molecule has 7 heavy (non-hydrogen) atoms. The Bertz CT molecular complexity index is 53.1. The van der Waals surface area contributed by atoms with Crippen molar-refractivity contribution in [1.82, 2.24) is 0 Å². The maximum atomic E-state index is 3.77. The smallest absolute Gasteiger partial charge is 0.0323 e. The van der Waals surface area contributed by atoms with Gasteiger partial charge in [-0.1, -0.05) is 12.5 Å². The largest absolute Gasteiger partial charge is 0.100 e. The molecule has 0 fully saturated rings. The molecule has 0 N–H and O–H groups in total. The topological polar surface area (TPSA) is 0 Å². The SMILES string of the molecule is C=C(C)CC[CH]C. The molecule has 0 nitrogen and oxygen atoms in total. The van der Waals surface area contributed by atoms with Gasteiger partial charge in [0.15, 0.2) is 0 Å². The van der Waals surface area contributed by atoms with Gasteiger partial charge in [0.25, 0.3) is 0 Å². The number of rotatable bonds is 3. The standard InChI is InChI=1S/C7H13/c1-4-5-6-7(2)3/h4H,2,5-6H2,1,3H3. The zero-order valence-corrected chi connectivity index (χ0v) is 5.20. The highest BCUT2D eigenvalue weighted by Crippen LogP contribution is 2.00. The zero-order chi connectivity index (χ0) is 5.70. The number of hydrogen-bond donors (Lipinski definition) is 0. The van der Waals surface area contributed by atoms with Gasteiger partial charge in [0.1, 0.15) is 0 Å². The summed E-state index contributed by atoms with van der Waals surface area (Å²) in [6.07, 6.45) is 4.49. The van der Waals surface area contributed by atoms with E-state index in [1.165, 1.54) is 12.0 Å². The summed E-state index contributed by atoms with van der Waals surface area (Å²) in [5.74, 6) is 0. The molecule has 0 aliphatic heterocycles. The lowest BCUT2D eigenvalue weighted by atomic mass is 10.2. The molecule has 0 saturated carbocycles. The van der Waals surface area contributed by atoms with E-state index in [0.717, 1.165) is 6.42 Å². The molecule has 0 heterocycles. The molecule has 1 radical (unpaired) electrons. The highest BCUT2D eigenvalue weighted by Gasteiger charge is 1.81. The van der Waals surface area contributed by atoms with Crippen LogP contribution in [0.5, 0.6) is 0 Å². The van der Waals surface area contributed by atoms with E-state index in [0.29, 0.717) is 0 Å². The van der Waals surface area contributed by atoms with Gasteiger partial charge in [-0.2, -0.15) is 0 Å². The minimum absolute atomic E-state index is 1.15. The first-order valence-electron chi connectivity index (χ1n) is 2.69. The van der Waals surface area contributed by atoms with Crippen LogP contribution in [0.25, 0.3) is 0 Å². The normalized spacial score (nSPS) is 8.86. The van der Waals surface area contributed by atoms with Gasteiger partial charge in [-0.05, 0) is 26.2 Å². The third-order valence-electron chi connectivity index (χ3n) is 0.860. The van der Waals surface area contributed by atoms with Gasteiger partial charge in [0.2, 0.25) is 0 Å². The molecule has 0 rings (SSSR count). The zero-order valence-electron chi connectivity index (χ0n) is 5.20. The van der Waals surface area contributed by atoms with Crippen molar-refractivity contribution in [3.05, 3.63) is 18.6 Å². The molecule has 0 amide bonds. The molecule has 0 atom stereocenters. The second kappa shape index (κ2) is 3.91. The lowest BCUT2D eigenvalue weighted by Gasteiger charge is -1.91. The van der Waals surface area contributed by atoms with Crippen molar-refractivity contribution < 1.29 is 0 Å². The Morgan fingerprint density at radius 2 is 2.29 bits per heavy atom. The van der Waals surface area contributed by atoms with Gasteiger partial charge in [0.05, 0.1) is 0 Å². The lowest BCUT2D eigenvalue weighted by Crippen LogP contribution is -1.72. The molecule has 0 aromatic rings. The average molecular weight is 97.2 g/mol. The number of unbranched alkanes of at least 4 members (excludes halogenated alkanes) is 1. The van der Waals surface area contributed by atoms with Gasteiger partial charge < -0.3 is 0 Å². The maximum absolute atomic E-state index is 3.77. The van der Waals surface area contributed by atoms with Crippen molar-refractivity contribution in [2.45, 2.75) is 26.7 Å². The Morgan fingerprint density at radius 1 is 1.71 bits per heavy atom. The summed E-state index contributed by atoms with van der Waals surface area (Å²) >= 11 is 0. The molecule has 0 bridgehead atoms. The highest BCUT2D eigenvalue weighted by atomic mass is 13.9. The molecule has 0 spiro atoms. The van der Waals surface area contributed by atoms with E-state index in [1.54, 1.807) is 0 Å². The quantitative estimate of drug-likeness (QED) is 0.475. The molecule has 0 unspecified atom stereocenters. The molecule has 0 heteroatoms. The molecular weight excluding hydrogens is 84.1 g/mol. The fourth-order valence-corrected chi connectivity index (χ4v) is 0.391.